The van der Waals surface area contributed by atoms with Crippen molar-refractivity contribution in [2.45, 2.75) is 104 Å². The Morgan fingerprint density at radius 3 is 2.03 bits per heavy atom. The van der Waals surface area contributed by atoms with Crippen molar-refractivity contribution in [3.63, 3.8) is 0 Å². The molecule has 0 fully saturated rings. The van der Waals surface area contributed by atoms with Crippen molar-refractivity contribution in [1.82, 2.24) is 15.5 Å². The second kappa shape index (κ2) is 13.8. The average Bonchev–Trinajstić information content (AvgIpc) is 2.76. The van der Waals surface area contributed by atoms with Gasteiger partial charge in [0.2, 0.25) is 11.8 Å². The molecule has 3 amide bonds. The third-order valence-corrected chi connectivity index (χ3v) is 5.85. The molecule has 8 heteroatoms. The Labute approximate surface area is 228 Å². The number of carbonyl (C=O) groups excluding carboxylic acids is 3. The zero-order chi connectivity index (χ0) is 28.6. The molecule has 0 aliphatic rings. The smallest absolute Gasteiger partial charge is 0.408 e. The van der Waals surface area contributed by atoms with Gasteiger partial charge in [-0.15, -0.1) is 6.42 Å². The predicted octanol–water partition coefficient (Wildman–Crippen LogP) is 5.10. The van der Waals surface area contributed by atoms with Gasteiger partial charge in [-0.3, -0.25) is 9.59 Å². The number of hydrogen-bond acceptors (Lipinski definition) is 5. The molecular formula is C29H45N3O4S. The number of amides is 3. The van der Waals surface area contributed by atoms with Crippen LogP contribution >= 0.6 is 12.6 Å². The van der Waals surface area contributed by atoms with E-state index >= 15 is 0 Å². The highest BCUT2D eigenvalue weighted by Gasteiger charge is 2.39. The third-order valence-electron chi connectivity index (χ3n) is 5.48. The molecule has 37 heavy (non-hydrogen) atoms. The average molecular weight is 532 g/mol. The molecule has 7 nitrogen and oxygen atoms in total. The van der Waals surface area contributed by atoms with Crippen LogP contribution in [0.2, 0.25) is 0 Å². The largest absolute Gasteiger partial charge is 0.444 e. The lowest BCUT2D eigenvalue weighted by atomic mass is 9.96. The predicted molar refractivity (Wildman–Crippen MR) is 152 cm³/mol. The first-order valence-electron chi connectivity index (χ1n) is 12.8. The maximum Gasteiger partial charge on any atom is 0.408 e. The van der Waals surface area contributed by atoms with Gasteiger partial charge in [-0.2, -0.15) is 12.6 Å². The van der Waals surface area contributed by atoms with Crippen molar-refractivity contribution in [2.24, 2.45) is 5.92 Å². The third kappa shape index (κ3) is 11.1. The van der Waals surface area contributed by atoms with Crippen LogP contribution in [0.5, 0.6) is 0 Å². The summed E-state index contributed by atoms with van der Waals surface area (Å²) < 4.78 is 5.37. The molecule has 3 unspecified atom stereocenters. The van der Waals surface area contributed by atoms with Crippen molar-refractivity contribution in [3.05, 3.63) is 35.4 Å². The van der Waals surface area contributed by atoms with Crippen molar-refractivity contribution in [3.8, 4) is 12.3 Å². The van der Waals surface area contributed by atoms with E-state index in [4.69, 9.17) is 11.2 Å². The molecule has 1 rings (SSSR count). The SMILES string of the molecule is C#Cc1ccc(C(C(=O)NC(C)(C)C)N(C(=O)C(CS)NC(=O)OC(C)(C)C)C(C)CCC(C)C)cc1. The molecular weight excluding hydrogens is 486 g/mol. The molecule has 3 atom stereocenters. The summed E-state index contributed by atoms with van der Waals surface area (Å²) in [6.07, 6.45) is 6.36. The van der Waals surface area contributed by atoms with E-state index in [0.29, 0.717) is 23.5 Å². The van der Waals surface area contributed by atoms with E-state index < -0.39 is 35.2 Å². The molecule has 0 aliphatic heterocycles. The summed E-state index contributed by atoms with van der Waals surface area (Å²) in [5.41, 5.74) is 0.0404. The number of terminal acetylenes is 1. The molecule has 0 spiro atoms. The summed E-state index contributed by atoms with van der Waals surface area (Å²) in [6, 6.07) is 4.81. The van der Waals surface area contributed by atoms with E-state index in [0.717, 1.165) is 6.42 Å². The fourth-order valence-electron chi connectivity index (χ4n) is 3.77. The maximum absolute atomic E-state index is 14.1. The number of carbonyl (C=O) groups is 3. The van der Waals surface area contributed by atoms with Gasteiger partial charge < -0.3 is 20.3 Å². The number of nitrogens with zero attached hydrogens (tertiary/aromatic N) is 1. The summed E-state index contributed by atoms with van der Waals surface area (Å²) in [7, 11) is 0. The van der Waals surface area contributed by atoms with Gasteiger partial charge in [-0.05, 0) is 84.9 Å². The van der Waals surface area contributed by atoms with Gasteiger partial charge in [0.25, 0.3) is 0 Å². The highest BCUT2D eigenvalue weighted by molar-refractivity contribution is 7.80. The molecule has 2 N–H and O–H groups in total. The van der Waals surface area contributed by atoms with E-state index in [2.05, 4.69) is 43.0 Å². The van der Waals surface area contributed by atoms with Crippen LogP contribution in [0.4, 0.5) is 4.79 Å². The second-order valence-corrected chi connectivity index (χ2v) is 12.2. The number of alkyl carbamates (subject to hydrolysis) is 1. The van der Waals surface area contributed by atoms with Crippen LogP contribution in [-0.4, -0.2) is 51.8 Å². The zero-order valence-electron chi connectivity index (χ0n) is 23.8. The Balaban J connectivity index is 3.58. The van der Waals surface area contributed by atoms with Crippen LogP contribution in [0.1, 0.15) is 92.3 Å². The van der Waals surface area contributed by atoms with Crippen LogP contribution < -0.4 is 10.6 Å². The van der Waals surface area contributed by atoms with Crippen LogP contribution in [0.25, 0.3) is 0 Å². The number of thiol groups is 1. The summed E-state index contributed by atoms with van der Waals surface area (Å²) in [5, 5.41) is 5.67. The van der Waals surface area contributed by atoms with Crippen LogP contribution in [0, 0.1) is 18.3 Å². The first kappa shape index (κ1) is 32.4. The Bertz CT molecular complexity index is 955. The van der Waals surface area contributed by atoms with Gasteiger partial charge in [0.05, 0.1) is 0 Å². The molecule has 206 valence electrons. The molecule has 0 aromatic heterocycles. The van der Waals surface area contributed by atoms with E-state index in [1.807, 2.05) is 27.7 Å². The van der Waals surface area contributed by atoms with Crippen molar-refractivity contribution >= 4 is 30.5 Å². The van der Waals surface area contributed by atoms with Gasteiger partial charge in [-0.25, -0.2) is 4.79 Å². The normalized spacial score (nSPS) is 14.2. The Morgan fingerprint density at radius 1 is 1.03 bits per heavy atom. The molecule has 1 aromatic carbocycles. The second-order valence-electron chi connectivity index (χ2n) is 11.9. The molecule has 0 saturated heterocycles. The first-order valence-corrected chi connectivity index (χ1v) is 13.4. The standard InChI is InChI=1S/C29H45N3O4S/c1-11-21-14-16-22(17-15-21)24(25(33)31-28(5,6)7)32(20(4)13-12-19(2)3)26(34)23(18-37)30-27(35)36-29(8,9)10/h1,14-17,19-20,23-24,37H,12-13,18H2,2-10H3,(H,30,35)(H,31,33). The zero-order valence-corrected chi connectivity index (χ0v) is 24.7. The fraction of sp³-hybridized carbons (Fsp3) is 0.621. The van der Waals surface area contributed by atoms with Gasteiger partial charge in [-0.1, -0.05) is 31.9 Å². The van der Waals surface area contributed by atoms with Crippen LogP contribution in [0.3, 0.4) is 0 Å². The van der Waals surface area contributed by atoms with E-state index in [1.54, 1.807) is 49.9 Å². The summed E-state index contributed by atoms with van der Waals surface area (Å²) in [6.45, 7) is 17.1. The Morgan fingerprint density at radius 2 is 1.59 bits per heavy atom. The summed E-state index contributed by atoms with van der Waals surface area (Å²) in [4.78, 5) is 41.9. The molecule has 0 saturated carbocycles. The van der Waals surface area contributed by atoms with Gasteiger partial charge in [0.1, 0.15) is 17.7 Å². The summed E-state index contributed by atoms with van der Waals surface area (Å²) >= 11 is 4.35. The van der Waals surface area contributed by atoms with Crippen LogP contribution in [-0.2, 0) is 14.3 Å². The topological polar surface area (TPSA) is 87.7 Å². The minimum absolute atomic E-state index is 0.0368. The van der Waals surface area contributed by atoms with Crippen molar-refractivity contribution in [1.29, 1.82) is 0 Å². The van der Waals surface area contributed by atoms with Gasteiger partial charge >= 0.3 is 6.09 Å². The lowest BCUT2D eigenvalue weighted by molar-refractivity contribution is -0.145. The Kier molecular flexibility index (Phi) is 12.0. The number of nitrogens with one attached hydrogen (secondary N) is 2. The first-order chi connectivity index (χ1) is 17.0. The van der Waals surface area contributed by atoms with Crippen LogP contribution in [0.15, 0.2) is 24.3 Å². The lowest BCUT2D eigenvalue weighted by Crippen LogP contribution is -2.57. The van der Waals surface area contributed by atoms with E-state index in [9.17, 15) is 14.4 Å². The monoisotopic (exact) mass is 531 g/mol. The highest BCUT2D eigenvalue weighted by Crippen LogP contribution is 2.28. The highest BCUT2D eigenvalue weighted by atomic mass is 32.1. The maximum atomic E-state index is 14.1. The summed E-state index contributed by atoms with van der Waals surface area (Å²) in [5.74, 6) is 2.30. The number of ether oxygens (including phenoxy) is 1. The molecule has 0 bridgehead atoms. The van der Waals surface area contributed by atoms with Gasteiger partial charge in [0.15, 0.2) is 0 Å². The quantitative estimate of drug-likeness (QED) is 0.290. The molecule has 0 aliphatic carbocycles. The molecule has 0 heterocycles. The number of rotatable bonds is 10. The minimum Gasteiger partial charge on any atom is -0.444 e. The molecule has 1 aromatic rings. The number of benzene rings is 1. The number of hydrogen-bond donors (Lipinski definition) is 3. The van der Waals surface area contributed by atoms with E-state index in [1.165, 1.54) is 0 Å². The van der Waals surface area contributed by atoms with Crippen molar-refractivity contribution < 1.29 is 19.1 Å². The fourth-order valence-corrected chi connectivity index (χ4v) is 4.01. The van der Waals surface area contributed by atoms with Gasteiger partial charge in [0, 0.05) is 22.9 Å². The molecule has 0 radical (unpaired) electrons. The van der Waals surface area contributed by atoms with E-state index in [-0.39, 0.29) is 17.7 Å². The Hall–Kier alpha value is -2.66. The minimum atomic E-state index is -0.991. The van der Waals surface area contributed by atoms with Crippen molar-refractivity contribution in [2.75, 3.05) is 5.75 Å². The lowest BCUT2D eigenvalue weighted by Gasteiger charge is -2.39.